The Morgan fingerprint density at radius 3 is 2.40 bits per heavy atom. The van der Waals surface area contributed by atoms with Gasteiger partial charge in [0, 0.05) is 38.1 Å². The van der Waals surface area contributed by atoms with Gasteiger partial charge in [0.05, 0.1) is 6.10 Å². The number of urea groups is 1. The van der Waals surface area contributed by atoms with Crippen molar-refractivity contribution >= 4 is 17.5 Å². The first-order chi connectivity index (χ1) is 12.1. The van der Waals surface area contributed by atoms with Gasteiger partial charge in [0.2, 0.25) is 0 Å². The number of aromatic nitrogens is 1. The Hall–Kier alpha value is -2.76. The first kappa shape index (κ1) is 17.1. The minimum atomic E-state index is -0.0711. The largest absolute Gasteiger partial charge is 0.491 e. The van der Waals surface area contributed by atoms with Crippen LogP contribution in [0.15, 0.2) is 48.7 Å². The fraction of sp³-hybridized carbons (Fsp3) is 0.368. The van der Waals surface area contributed by atoms with Crippen LogP contribution in [0.25, 0.3) is 0 Å². The van der Waals surface area contributed by atoms with Crippen LogP contribution >= 0.6 is 0 Å². The molecule has 1 aliphatic rings. The van der Waals surface area contributed by atoms with Gasteiger partial charge in [-0.05, 0) is 50.2 Å². The molecule has 2 heterocycles. The second-order valence-corrected chi connectivity index (χ2v) is 6.28. The zero-order chi connectivity index (χ0) is 17.6. The summed E-state index contributed by atoms with van der Waals surface area (Å²) in [5.74, 6) is 1.76. The number of nitrogens with one attached hydrogen (secondary N) is 1. The van der Waals surface area contributed by atoms with E-state index in [1.165, 1.54) is 0 Å². The SMILES string of the molecule is CC(C)Oc1ccc(NC(=O)N2CCN(c3ccccn3)CC2)cc1. The lowest BCUT2D eigenvalue weighted by molar-refractivity contribution is 0.208. The molecule has 25 heavy (non-hydrogen) atoms. The van der Waals surface area contributed by atoms with E-state index < -0.39 is 0 Å². The molecule has 1 aromatic heterocycles. The molecule has 6 heteroatoms. The van der Waals surface area contributed by atoms with Gasteiger partial charge in [0.1, 0.15) is 11.6 Å². The molecular weight excluding hydrogens is 316 g/mol. The van der Waals surface area contributed by atoms with Crippen molar-refractivity contribution in [3.8, 4) is 5.75 Å². The number of piperazine rings is 1. The number of carbonyl (C=O) groups is 1. The smallest absolute Gasteiger partial charge is 0.321 e. The second-order valence-electron chi connectivity index (χ2n) is 6.28. The van der Waals surface area contributed by atoms with Gasteiger partial charge >= 0.3 is 6.03 Å². The summed E-state index contributed by atoms with van der Waals surface area (Å²) in [5, 5.41) is 2.94. The molecule has 0 radical (unpaired) electrons. The monoisotopic (exact) mass is 340 g/mol. The van der Waals surface area contributed by atoms with Crippen LogP contribution in [0.3, 0.4) is 0 Å². The van der Waals surface area contributed by atoms with Crippen molar-refractivity contribution in [1.29, 1.82) is 0 Å². The van der Waals surface area contributed by atoms with Crippen molar-refractivity contribution in [3.05, 3.63) is 48.7 Å². The quantitative estimate of drug-likeness (QED) is 0.928. The number of amides is 2. The number of pyridine rings is 1. The Morgan fingerprint density at radius 2 is 1.80 bits per heavy atom. The standard InChI is InChI=1S/C19H24N4O2/c1-15(2)25-17-8-6-16(7-9-17)21-19(24)23-13-11-22(12-14-23)18-5-3-4-10-20-18/h3-10,15H,11-14H2,1-2H3,(H,21,24). The Labute approximate surface area is 148 Å². The highest BCUT2D eigenvalue weighted by molar-refractivity contribution is 5.89. The first-order valence-corrected chi connectivity index (χ1v) is 8.60. The summed E-state index contributed by atoms with van der Waals surface area (Å²) < 4.78 is 5.61. The predicted octanol–water partition coefficient (Wildman–Crippen LogP) is 3.22. The van der Waals surface area contributed by atoms with Crippen LogP contribution in [0, 0.1) is 0 Å². The molecule has 1 fully saturated rings. The molecule has 0 aliphatic carbocycles. The molecule has 0 spiro atoms. The topological polar surface area (TPSA) is 57.7 Å². The molecule has 0 bridgehead atoms. The van der Waals surface area contributed by atoms with E-state index >= 15 is 0 Å². The van der Waals surface area contributed by atoms with Gasteiger partial charge < -0.3 is 19.9 Å². The van der Waals surface area contributed by atoms with Crippen LogP contribution in [0.1, 0.15) is 13.8 Å². The molecule has 6 nitrogen and oxygen atoms in total. The summed E-state index contributed by atoms with van der Waals surface area (Å²) >= 11 is 0. The molecule has 1 saturated heterocycles. The summed E-state index contributed by atoms with van der Waals surface area (Å²) in [7, 11) is 0. The summed E-state index contributed by atoms with van der Waals surface area (Å²) in [6.07, 6.45) is 1.93. The van der Waals surface area contributed by atoms with Gasteiger partial charge in [0.15, 0.2) is 0 Å². The van der Waals surface area contributed by atoms with Gasteiger partial charge in [-0.1, -0.05) is 6.07 Å². The third kappa shape index (κ3) is 4.62. The van der Waals surface area contributed by atoms with Crippen LogP contribution in [0.5, 0.6) is 5.75 Å². The first-order valence-electron chi connectivity index (χ1n) is 8.60. The number of ether oxygens (including phenoxy) is 1. The molecule has 1 aromatic carbocycles. The Kier molecular flexibility index (Phi) is 5.38. The normalized spacial score (nSPS) is 14.5. The van der Waals surface area contributed by atoms with Gasteiger partial charge in [-0.2, -0.15) is 0 Å². The fourth-order valence-corrected chi connectivity index (χ4v) is 2.77. The number of hydrogen-bond acceptors (Lipinski definition) is 4. The highest BCUT2D eigenvalue weighted by Gasteiger charge is 2.21. The van der Waals surface area contributed by atoms with Gasteiger partial charge in [0.25, 0.3) is 0 Å². The average molecular weight is 340 g/mol. The lowest BCUT2D eigenvalue weighted by Crippen LogP contribution is -2.50. The molecule has 1 aliphatic heterocycles. The third-order valence-corrected chi connectivity index (χ3v) is 4.02. The summed E-state index contributed by atoms with van der Waals surface area (Å²) in [4.78, 5) is 20.8. The Balaban J connectivity index is 1.51. The molecule has 1 N–H and O–H groups in total. The Bertz CT molecular complexity index is 680. The molecule has 2 aromatic rings. The van der Waals surface area contributed by atoms with Gasteiger partial charge in [-0.15, -0.1) is 0 Å². The summed E-state index contributed by atoms with van der Waals surface area (Å²) in [6, 6.07) is 13.3. The van der Waals surface area contributed by atoms with Crippen LogP contribution in [-0.4, -0.2) is 48.2 Å². The van der Waals surface area contributed by atoms with Crippen LogP contribution in [-0.2, 0) is 0 Å². The van der Waals surface area contributed by atoms with Gasteiger partial charge in [-0.25, -0.2) is 9.78 Å². The second kappa shape index (κ2) is 7.88. The van der Waals surface area contributed by atoms with Crippen molar-refractivity contribution in [3.63, 3.8) is 0 Å². The number of anilines is 2. The molecule has 0 saturated carbocycles. The van der Waals surface area contributed by atoms with E-state index in [1.807, 2.05) is 61.2 Å². The maximum atomic E-state index is 12.4. The van der Waals surface area contributed by atoms with E-state index in [-0.39, 0.29) is 12.1 Å². The van der Waals surface area contributed by atoms with Gasteiger partial charge in [-0.3, -0.25) is 0 Å². The number of hydrogen-bond donors (Lipinski definition) is 1. The highest BCUT2D eigenvalue weighted by Crippen LogP contribution is 2.18. The number of benzene rings is 1. The fourth-order valence-electron chi connectivity index (χ4n) is 2.77. The van der Waals surface area contributed by atoms with E-state index in [0.717, 1.165) is 30.3 Å². The average Bonchev–Trinajstić information content (AvgIpc) is 2.64. The molecule has 132 valence electrons. The number of rotatable bonds is 4. The third-order valence-electron chi connectivity index (χ3n) is 4.02. The van der Waals surface area contributed by atoms with Crippen molar-refractivity contribution in [2.75, 3.05) is 36.4 Å². The zero-order valence-corrected chi connectivity index (χ0v) is 14.7. The Morgan fingerprint density at radius 1 is 1.08 bits per heavy atom. The van der Waals surface area contributed by atoms with Crippen molar-refractivity contribution < 1.29 is 9.53 Å². The van der Waals surface area contributed by atoms with E-state index in [9.17, 15) is 4.79 Å². The molecule has 0 atom stereocenters. The van der Waals surface area contributed by atoms with E-state index in [4.69, 9.17) is 4.74 Å². The zero-order valence-electron chi connectivity index (χ0n) is 14.7. The minimum Gasteiger partial charge on any atom is -0.491 e. The van der Waals surface area contributed by atoms with Crippen molar-refractivity contribution in [2.24, 2.45) is 0 Å². The van der Waals surface area contributed by atoms with Crippen molar-refractivity contribution in [2.45, 2.75) is 20.0 Å². The van der Waals surface area contributed by atoms with Crippen LogP contribution in [0.4, 0.5) is 16.3 Å². The lowest BCUT2D eigenvalue weighted by atomic mass is 10.3. The molecule has 2 amide bonds. The minimum absolute atomic E-state index is 0.0711. The lowest BCUT2D eigenvalue weighted by Gasteiger charge is -2.35. The van der Waals surface area contributed by atoms with Crippen LogP contribution in [0.2, 0.25) is 0 Å². The van der Waals surface area contributed by atoms with E-state index in [0.29, 0.717) is 13.1 Å². The van der Waals surface area contributed by atoms with E-state index in [2.05, 4.69) is 15.2 Å². The summed E-state index contributed by atoms with van der Waals surface area (Å²) in [6.45, 7) is 6.89. The van der Waals surface area contributed by atoms with Crippen molar-refractivity contribution in [1.82, 2.24) is 9.88 Å². The molecular formula is C19H24N4O2. The number of nitrogens with zero attached hydrogens (tertiary/aromatic N) is 3. The maximum Gasteiger partial charge on any atom is 0.321 e. The number of carbonyl (C=O) groups excluding carboxylic acids is 1. The molecule has 0 unspecified atom stereocenters. The van der Waals surface area contributed by atoms with E-state index in [1.54, 1.807) is 6.20 Å². The maximum absolute atomic E-state index is 12.4. The highest BCUT2D eigenvalue weighted by atomic mass is 16.5. The predicted molar refractivity (Wildman–Crippen MR) is 99.2 cm³/mol. The molecule has 3 rings (SSSR count). The summed E-state index contributed by atoms with van der Waals surface area (Å²) in [5.41, 5.74) is 0.772. The van der Waals surface area contributed by atoms with Crippen LogP contribution < -0.4 is 15.0 Å².